The summed E-state index contributed by atoms with van der Waals surface area (Å²) in [6.07, 6.45) is 0. The number of para-hydroxylation sites is 4. The van der Waals surface area contributed by atoms with Gasteiger partial charge in [-0.15, -0.1) is 0 Å². The van der Waals surface area contributed by atoms with Crippen molar-refractivity contribution in [3.8, 4) is 17.2 Å². The zero-order valence-corrected chi connectivity index (χ0v) is 36.1. The zero-order chi connectivity index (χ0) is 43.3. The fourth-order valence-electron chi connectivity index (χ4n) is 10.8. The highest BCUT2D eigenvalue weighted by molar-refractivity contribution is 6.25. The number of rotatable bonds is 6. The summed E-state index contributed by atoms with van der Waals surface area (Å²) in [5, 5.41) is 19.4. The van der Waals surface area contributed by atoms with E-state index in [-0.39, 0.29) is 5.41 Å². The third-order valence-electron chi connectivity index (χ3n) is 13.6. The van der Waals surface area contributed by atoms with Crippen LogP contribution in [0.5, 0.6) is 0 Å². The van der Waals surface area contributed by atoms with Gasteiger partial charge in [-0.25, -0.2) is 0 Å². The van der Waals surface area contributed by atoms with E-state index in [1.165, 1.54) is 49.2 Å². The van der Waals surface area contributed by atoms with Crippen molar-refractivity contribution in [2.75, 3.05) is 9.80 Å². The fourth-order valence-corrected chi connectivity index (χ4v) is 10.8. The van der Waals surface area contributed by atoms with Gasteiger partial charge in [-0.1, -0.05) is 129 Å². The Hall–Kier alpha value is -8.13. The molecule has 0 amide bonds. The van der Waals surface area contributed by atoms with E-state index in [0.717, 1.165) is 72.6 Å². The minimum absolute atomic E-state index is 0.328. The number of hydrogen-bond donors (Lipinski definition) is 0. The Bertz CT molecular complexity index is 3720. The molecule has 0 radical (unpaired) electrons. The van der Waals surface area contributed by atoms with E-state index in [1.54, 1.807) is 0 Å². The number of nitriles is 1. The van der Waals surface area contributed by atoms with Gasteiger partial charge in [-0.2, -0.15) is 5.26 Å². The maximum absolute atomic E-state index is 9.90. The molecule has 0 unspecified atom stereocenters. The molecule has 0 saturated carbocycles. The van der Waals surface area contributed by atoms with E-state index in [1.807, 2.05) is 18.2 Å². The van der Waals surface area contributed by atoms with Crippen LogP contribution in [0.2, 0.25) is 0 Å². The molecule has 1 aliphatic rings. The second-order valence-electron chi connectivity index (χ2n) is 17.7. The average molecular weight is 822 g/mol. The van der Waals surface area contributed by atoms with Gasteiger partial charge in [0.15, 0.2) is 5.58 Å². The number of nitrogens with zero attached hydrogens (tertiary/aromatic N) is 3. The second kappa shape index (κ2) is 14.2. The minimum atomic E-state index is -0.328. The molecule has 0 N–H and O–H groups in total. The Morgan fingerprint density at radius 3 is 1.80 bits per heavy atom. The molecule has 1 aromatic heterocycles. The highest BCUT2D eigenvalue weighted by Crippen LogP contribution is 2.54. The molecule has 10 aromatic carbocycles. The Morgan fingerprint density at radius 2 is 1.06 bits per heavy atom. The van der Waals surface area contributed by atoms with Crippen molar-refractivity contribution in [3.63, 3.8) is 0 Å². The van der Waals surface area contributed by atoms with Crippen molar-refractivity contribution in [2.24, 2.45) is 0 Å². The number of anilines is 6. The smallest absolute Gasteiger partial charge is 0.159 e. The number of furan rings is 1. The topological polar surface area (TPSA) is 43.4 Å². The van der Waals surface area contributed by atoms with Crippen molar-refractivity contribution in [3.05, 3.63) is 216 Å². The van der Waals surface area contributed by atoms with E-state index in [2.05, 4.69) is 213 Å². The molecule has 0 atom stereocenters. The summed E-state index contributed by atoms with van der Waals surface area (Å²) in [5.74, 6) is 0. The summed E-state index contributed by atoms with van der Waals surface area (Å²) in [5.41, 5.74) is 15.7. The van der Waals surface area contributed by atoms with Gasteiger partial charge in [0.1, 0.15) is 5.58 Å². The molecule has 0 fully saturated rings. The Kier molecular flexibility index (Phi) is 8.35. The Labute approximate surface area is 372 Å². The van der Waals surface area contributed by atoms with E-state index in [4.69, 9.17) is 4.42 Å². The first-order valence-electron chi connectivity index (χ1n) is 22.0. The lowest BCUT2D eigenvalue weighted by molar-refractivity contribution is 0.645. The monoisotopic (exact) mass is 821 g/mol. The normalized spacial score (nSPS) is 12.8. The van der Waals surface area contributed by atoms with Crippen molar-refractivity contribution >= 4 is 88.4 Å². The van der Waals surface area contributed by atoms with Crippen LogP contribution in [0.15, 0.2) is 192 Å². The quantitative estimate of drug-likeness (QED) is 0.157. The number of benzene rings is 10. The number of hydrogen-bond acceptors (Lipinski definition) is 4. The van der Waals surface area contributed by atoms with E-state index in [0.29, 0.717) is 5.56 Å². The van der Waals surface area contributed by atoms with Crippen LogP contribution in [0, 0.1) is 25.2 Å². The van der Waals surface area contributed by atoms with Gasteiger partial charge in [0.2, 0.25) is 0 Å². The first-order chi connectivity index (χ1) is 31.3. The standard InChI is InChI=1S/C60H43N3O/c1-37-31-39(36-61)32-38(2)58(37)63(41-19-9-6-10-20-41)55-35-50-47-24-15-26-52-57(47)51(34-49(50)43-21-11-12-22-45(43)55)44-30-29-42(33-53(44)60(52,3)4)62(40-17-7-5-8-18-40)54-27-16-25-48-46-23-13-14-28-56(46)64-59(48)54/h5-35H,1-4H3. The Balaban J connectivity index is 1.11. The summed E-state index contributed by atoms with van der Waals surface area (Å²) in [7, 11) is 0. The lowest BCUT2D eigenvalue weighted by atomic mass is 9.68. The van der Waals surface area contributed by atoms with Gasteiger partial charge in [0, 0.05) is 38.6 Å². The molecule has 1 heterocycles. The number of fused-ring (bicyclic) bond motifs is 9. The molecule has 4 heteroatoms. The molecule has 0 saturated heterocycles. The molecule has 0 bridgehead atoms. The van der Waals surface area contributed by atoms with E-state index in [9.17, 15) is 5.26 Å². The van der Waals surface area contributed by atoms with Crippen LogP contribution in [-0.2, 0) is 5.41 Å². The SMILES string of the molecule is Cc1cc(C#N)cc(C)c1N(c1ccccc1)c1cc2c3cccc4c3c(cc2c2ccccc12)-c1ccc(N(c2ccccc2)c2cccc3c2oc2ccccc23)cc1C4(C)C. The van der Waals surface area contributed by atoms with Crippen LogP contribution >= 0.6 is 0 Å². The third kappa shape index (κ3) is 5.54. The van der Waals surface area contributed by atoms with Gasteiger partial charge in [0.05, 0.1) is 28.7 Å². The highest BCUT2D eigenvalue weighted by atomic mass is 16.3. The van der Waals surface area contributed by atoms with Crippen molar-refractivity contribution in [2.45, 2.75) is 33.1 Å². The predicted molar refractivity (Wildman–Crippen MR) is 267 cm³/mol. The average Bonchev–Trinajstić information content (AvgIpc) is 3.72. The summed E-state index contributed by atoms with van der Waals surface area (Å²) < 4.78 is 6.66. The molecule has 12 rings (SSSR count). The second-order valence-corrected chi connectivity index (χ2v) is 17.7. The van der Waals surface area contributed by atoms with Crippen LogP contribution in [0.25, 0.3) is 65.4 Å². The fraction of sp³-hybridized carbons (Fsp3) is 0.0833. The van der Waals surface area contributed by atoms with Crippen LogP contribution in [0.4, 0.5) is 34.1 Å². The maximum Gasteiger partial charge on any atom is 0.159 e. The molecular formula is C60H43N3O. The van der Waals surface area contributed by atoms with Gasteiger partial charge in [0.25, 0.3) is 0 Å². The molecule has 64 heavy (non-hydrogen) atoms. The van der Waals surface area contributed by atoms with E-state index < -0.39 is 0 Å². The van der Waals surface area contributed by atoms with Crippen LogP contribution < -0.4 is 9.80 Å². The summed E-state index contributed by atoms with van der Waals surface area (Å²) >= 11 is 0. The minimum Gasteiger partial charge on any atom is -0.454 e. The maximum atomic E-state index is 9.90. The Morgan fingerprint density at radius 1 is 0.453 bits per heavy atom. The van der Waals surface area contributed by atoms with Crippen LogP contribution in [-0.4, -0.2) is 0 Å². The van der Waals surface area contributed by atoms with Gasteiger partial charge in [-0.05, 0) is 147 Å². The molecular weight excluding hydrogens is 779 g/mol. The predicted octanol–water partition coefficient (Wildman–Crippen LogP) is 16.8. The first kappa shape index (κ1) is 37.6. The molecule has 0 spiro atoms. The highest BCUT2D eigenvalue weighted by Gasteiger charge is 2.35. The van der Waals surface area contributed by atoms with Crippen LogP contribution in [0.1, 0.15) is 41.7 Å². The molecule has 304 valence electrons. The van der Waals surface area contributed by atoms with Crippen molar-refractivity contribution in [1.82, 2.24) is 0 Å². The summed E-state index contributed by atoms with van der Waals surface area (Å²) in [6, 6.07) is 70.1. The molecule has 4 nitrogen and oxygen atoms in total. The van der Waals surface area contributed by atoms with Crippen molar-refractivity contribution in [1.29, 1.82) is 5.26 Å². The molecule has 1 aliphatic carbocycles. The molecule has 0 aliphatic heterocycles. The lowest BCUT2D eigenvalue weighted by Crippen LogP contribution is -2.24. The summed E-state index contributed by atoms with van der Waals surface area (Å²) in [4.78, 5) is 4.75. The largest absolute Gasteiger partial charge is 0.454 e. The van der Waals surface area contributed by atoms with Crippen molar-refractivity contribution < 1.29 is 4.42 Å². The lowest BCUT2D eigenvalue weighted by Gasteiger charge is -2.37. The first-order valence-corrected chi connectivity index (χ1v) is 22.0. The summed E-state index contributed by atoms with van der Waals surface area (Å²) in [6.45, 7) is 8.99. The third-order valence-corrected chi connectivity index (χ3v) is 13.6. The van der Waals surface area contributed by atoms with E-state index >= 15 is 0 Å². The number of aryl methyl sites for hydroxylation is 2. The molecule has 11 aromatic rings. The zero-order valence-electron chi connectivity index (χ0n) is 36.1. The van der Waals surface area contributed by atoms with Gasteiger partial charge < -0.3 is 14.2 Å². The van der Waals surface area contributed by atoms with Gasteiger partial charge in [-0.3, -0.25) is 0 Å². The van der Waals surface area contributed by atoms with Crippen LogP contribution in [0.3, 0.4) is 0 Å². The van der Waals surface area contributed by atoms with Gasteiger partial charge >= 0.3 is 0 Å².